The van der Waals surface area contributed by atoms with Gasteiger partial charge in [-0.25, -0.2) is 4.31 Å². The number of piperazine rings is 1. The third kappa shape index (κ3) is 3.42. The van der Waals surface area contributed by atoms with Crippen LogP contribution in [0, 0.1) is 0 Å². The van der Waals surface area contributed by atoms with Crippen LogP contribution in [0.4, 0.5) is 13.2 Å². The van der Waals surface area contributed by atoms with Gasteiger partial charge in [-0.15, -0.1) is 0 Å². The lowest BCUT2D eigenvalue weighted by Crippen LogP contribution is -2.45. The van der Waals surface area contributed by atoms with Crippen LogP contribution in [-0.4, -0.2) is 41.3 Å². The topological polar surface area (TPSA) is 23.6 Å². The largest absolute Gasteiger partial charge is 0.416 e. The van der Waals surface area contributed by atoms with Crippen molar-refractivity contribution in [2.75, 3.05) is 26.2 Å². The molecule has 1 amide bonds. The zero-order chi connectivity index (χ0) is 14.0. The SMILES string of the molecule is O=C(c1ccc(C(F)(F)F)cc1)N1CCN(S)CC1. The van der Waals surface area contributed by atoms with Crippen molar-refractivity contribution in [2.24, 2.45) is 0 Å². The van der Waals surface area contributed by atoms with E-state index >= 15 is 0 Å². The summed E-state index contributed by atoms with van der Waals surface area (Å²) in [6, 6.07) is 4.31. The predicted molar refractivity (Wildman–Crippen MR) is 67.9 cm³/mol. The first-order valence-corrected chi connectivity index (χ1v) is 6.18. The fourth-order valence-electron chi connectivity index (χ4n) is 1.88. The number of alkyl halides is 3. The number of thiol groups is 1. The van der Waals surface area contributed by atoms with Gasteiger partial charge in [0.25, 0.3) is 5.91 Å². The Labute approximate surface area is 114 Å². The van der Waals surface area contributed by atoms with Gasteiger partial charge in [0.1, 0.15) is 0 Å². The Balaban J connectivity index is 2.08. The minimum absolute atomic E-state index is 0.241. The summed E-state index contributed by atoms with van der Waals surface area (Å²) in [6.07, 6.45) is -4.38. The Morgan fingerprint density at radius 3 is 2.05 bits per heavy atom. The molecular formula is C12H13F3N2OS. The van der Waals surface area contributed by atoms with Crippen LogP contribution in [0.25, 0.3) is 0 Å². The van der Waals surface area contributed by atoms with E-state index in [-0.39, 0.29) is 11.5 Å². The average Bonchev–Trinajstić information content (AvgIpc) is 2.38. The molecule has 2 rings (SSSR count). The number of benzene rings is 1. The third-order valence-corrected chi connectivity index (χ3v) is 3.40. The highest BCUT2D eigenvalue weighted by Gasteiger charge is 2.30. The summed E-state index contributed by atoms with van der Waals surface area (Å²) in [6.45, 7) is 2.36. The summed E-state index contributed by atoms with van der Waals surface area (Å²) >= 11 is 4.17. The van der Waals surface area contributed by atoms with Crippen LogP contribution in [0.5, 0.6) is 0 Å². The Hall–Kier alpha value is -1.21. The molecule has 19 heavy (non-hydrogen) atoms. The van der Waals surface area contributed by atoms with Crippen molar-refractivity contribution in [2.45, 2.75) is 6.18 Å². The molecule has 0 aromatic heterocycles. The molecule has 0 aliphatic carbocycles. The molecule has 0 radical (unpaired) electrons. The van der Waals surface area contributed by atoms with Gasteiger partial charge in [-0.1, -0.05) is 12.8 Å². The Kier molecular flexibility index (Phi) is 4.05. The standard InChI is InChI=1S/C12H13F3N2OS/c13-12(14,15)10-3-1-9(2-4-10)11(18)16-5-7-17(19)8-6-16/h1-4,19H,5-8H2. The van der Waals surface area contributed by atoms with Crippen LogP contribution >= 0.6 is 12.8 Å². The maximum absolute atomic E-state index is 12.4. The summed E-state index contributed by atoms with van der Waals surface area (Å²) in [5.41, 5.74) is -0.468. The molecule has 0 atom stereocenters. The molecule has 7 heteroatoms. The van der Waals surface area contributed by atoms with E-state index < -0.39 is 11.7 Å². The monoisotopic (exact) mass is 290 g/mol. The molecule has 1 saturated heterocycles. The summed E-state index contributed by atoms with van der Waals surface area (Å²) in [4.78, 5) is 13.7. The number of rotatable bonds is 1. The molecule has 1 aliphatic heterocycles. The first-order chi connectivity index (χ1) is 8.88. The third-order valence-electron chi connectivity index (χ3n) is 3.00. The molecule has 0 bridgehead atoms. The van der Waals surface area contributed by atoms with Crippen molar-refractivity contribution in [1.82, 2.24) is 9.21 Å². The zero-order valence-corrected chi connectivity index (χ0v) is 10.9. The highest BCUT2D eigenvalue weighted by molar-refractivity contribution is 7.77. The minimum atomic E-state index is -4.38. The molecule has 1 aromatic rings. The van der Waals surface area contributed by atoms with Crippen LogP contribution in [0.2, 0.25) is 0 Å². The van der Waals surface area contributed by atoms with E-state index in [0.717, 1.165) is 12.1 Å². The second-order valence-corrected chi connectivity index (χ2v) is 4.89. The van der Waals surface area contributed by atoms with Crippen molar-refractivity contribution < 1.29 is 18.0 Å². The second-order valence-electron chi connectivity index (χ2n) is 4.32. The number of halogens is 3. The zero-order valence-electron chi connectivity index (χ0n) is 10.0. The van der Waals surface area contributed by atoms with E-state index in [2.05, 4.69) is 12.8 Å². The summed E-state index contributed by atoms with van der Waals surface area (Å²) in [7, 11) is 0. The smallest absolute Gasteiger partial charge is 0.336 e. The highest BCUT2D eigenvalue weighted by atomic mass is 32.1. The molecular weight excluding hydrogens is 277 g/mol. The number of carbonyl (C=O) groups excluding carboxylic acids is 1. The van der Waals surface area contributed by atoms with Crippen molar-refractivity contribution in [3.05, 3.63) is 35.4 Å². The minimum Gasteiger partial charge on any atom is -0.336 e. The van der Waals surface area contributed by atoms with Gasteiger partial charge in [0.05, 0.1) is 5.56 Å². The lowest BCUT2D eigenvalue weighted by atomic mass is 10.1. The van der Waals surface area contributed by atoms with Gasteiger partial charge >= 0.3 is 6.18 Å². The summed E-state index contributed by atoms with van der Waals surface area (Å²) in [5.74, 6) is -0.241. The Morgan fingerprint density at radius 1 is 1.05 bits per heavy atom. The first kappa shape index (κ1) is 14.2. The molecule has 1 aromatic carbocycles. The van der Waals surface area contributed by atoms with Gasteiger partial charge < -0.3 is 4.90 Å². The summed E-state index contributed by atoms with van der Waals surface area (Å²) in [5, 5.41) is 0. The van der Waals surface area contributed by atoms with Crippen LogP contribution in [0.1, 0.15) is 15.9 Å². The molecule has 3 nitrogen and oxygen atoms in total. The van der Waals surface area contributed by atoms with Crippen LogP contribution in [-0.2, 0) is 6.18 Å². The predicted octanol–water partition coefficient (Wildman–Crippen LogP) is 2.31. The number of carbonyl (C=O) groups is 1. The molecule has 0 spiro atoms. The van der Waals surface area contributed by atoms with Gasteiger partial charge in [0.15, 0.2) is 0 Å². The fourth-order valence-corrected chi connectivity index (χ4v) is 2.06. The first-order valence-electron chi connectivity index (χ1n) is 5.78. The van der Waals surface area contributed by atoms with Crippen LogP contribution in [0.15, 0.2) is 24.3 Å². The molecule has 1 heterocycles. The van der Waals surface area contributed by atoms with Crippen molar-refractivity contribution in [3.8, 4) is 0 Å². The Morgan fingerprint density at radius 2 is 1.58 bits per heavy atom. The van der Waals surface area contributed by atoms with Crippen LogP contribution in [0.3, 0.4) is 0 Å². The lowest BCUT2D eigenvalue weighted by Gasteiger charge is -2.31. The number of hydrogen-bond acceptors (Lipinski definition) is 3. The maximum atomic E-state index is 12.4. The molecule has 0 N–H and O–H groups in total. The maximum Gasteiger partial charge on any atom is 0.416 e. The quantitative estimate of drug-likeness (QED) is 0.802. The average molecular weight is 290 g/mol. The van der Waals surface area contributed by atoms with Gasteiger partial charge in [0, 0.05) is 31.7 Å². The normalized spacial score (nSPS) is 17.6. The Bertz CT molecular complexity index is 453. The highest BCUT2D eigenvalue weighted by Crippen LogP contribution is 2.29. The molecule has 0 saturated carbocycles. The number of amides is 1. The number of hydrogen-bond donors (Lipinski definition) is 1. The van der Waals surface area contributed by atoms with E-state index in [9.17, 15) is 18.0 Å². The van der Waals surface area contributed by atoms with Crippen LogP contribution < -0.4 is 0 Å². The fraction of sp³-hybridized carbons (Fsp3) is 0.417. The summed E-state index contributed by atoms with van der Waals surface area (Å²) < 4.78 is 39.0. The molecule has 1 fully saturated rings. The van der Waals surface area contributed by atoms with Crippen molar-refractivity contribution in [3.63, 3.8) is 0 Å². The van der Waals surface area contributed by atoms with Gasteiger partial charge in [-0.05, 0) is 24.3 Å². The lowest BCUT2D eigenvalue weighted by molar-refractivity contribution is -0.137. The number of nitrogens with zero attached hydrogens (tertiary/aromatic N) is 2. The molecule has 104 valence electrons. The van der Waals surface area contributed by atoms with Crippen molar-refractivity contribution >= 4 is 18.7 Å². The van der Waals surface area contributed by atoms with E-state index in [0.29, 0.717) is 26.2 Å². The van der Waals surface area contributed by atoms with Gasteiger partial charge in [-0.2, -0.15) is 13.2 Å². The van der Waals surface area contributed by atoms with Gasteiger partial charge in [-0.3, -0.25) is 4.79 Å². The molecule has 1 aliphatic rings. The van der Waals surface area contributed by atoms with E-state index in [1.54, 1.807) is 9.21 Å². The van der Waals surface area contributed by atoms with E-state index in [1.165, 1.54) is 12.1 Å². The second kappa shape index (κ2) is 5.42. The van der Waals surface area contributed by atoms with E-state index in [4.69, 9.17) is 0 Å². The van der Waals surface area contributed by atoms with Gasteiger partial charge in [0.2, 0.25) is 0 Å². The van der Waals surface area contributed by atoms with E-state index in [1.807, 2.05) is 0 Å². The molecule has 0 unspecified atom stereocenters. The van der Waals surface area contributed by atoms with Crippen molar-refractivity contribution in [1.29, 1.82) is 0 Å².